The second-order valence-electron chi connectivity index (χ2n) is 17.9. The second kappa shape index (κ2) is 24.9. The zero-order chi connectivity index (χ0) is 49.1. The van der Waals surface area contributed by atoms with Gasteiger partial charge in [-0.3, -0.25) is 24.1 Å². The van der Waals surface area contributed by atoms with Crippen molar-refractivity contribution in [3.8, 4) is 5.75 Å². The Hall–Kier alpha value is -7.18. The highest BCUT2D eigenvalue weighted by molar-refractivity contribution is 5.93. The quantitative estimate of drug-likeness (QED) is 0.0394. The fourth-order valence-corrected chi connectivity index (χ4v) is 6.78. The summed E-state index contributed by atoms with van der Waals surface area (Å²) in [4.78, 5) is 106. The van der Waals surface area contributed by atoms with E-state index in [1.807, 2.05) is 30.3 Å². The number of likely N-dealkylation sites (tertiary alicyclic amines) is 1. The van der Waals surface area contributed by atoms with Crippen molar-refractivity contribution in [2.75, 3.05) is 19.6 Å². The lowest BCUT2D eigenvalue weighted by Crippen LogP contribution is -2.56. The number of carbonyl (C=O) groups is 8. The maximum atomic E-state index is 14.1. The number of rotatable bonds is 20. The first kappa shape index (κ1) is 52.4. The van der Waals surface area contributed by atoms with Crippen molar-refractivity contribution in [2.24, 2.45) is 0 Å². The van der Waals surface area contributed by atoms with Crippen molar-refractivity contribution in [1.29, 1.82) is 0 Å². The van der Waals surface area contributed by atoms with E-state index >= 15 is 0 Å². The molecule has 1 heterocycles. The zero-order valence-electron chi connectivity index (χ0n) is 38.8. The molecule has 1 aliphatic rings. The van der Waals surface area contributed by atoms with Crippen LogP contribution in [0.25, 0.3) is 0 Å². The first-order valence-electron chi connectivity index (χ1n) is 22.0. The number of carbonyl (C=O) groups excluding carboxylic acids is 7. The summed E-state index contributed by atoms with van der Waals surface area (Å²) < 4.78 is 21.3. The van der Waals surface area contributed by atoms with E-state index in [-0.39, 0.29) is 44.6 Å². The number of alkyl carbamates (subject to hydrolysis) is 1. The summed E-state index contributed by atoms with van der Waals surface area (Å²) in [5.41, 5.74) is 0.253. The molecule has 3 aromatic carbocycles. The molecule has 19 heteroatoms. The van der Waals surface area contributed by atoms with Crippen molar-refractivity contribution >= 4 is 47.9 Å². The number of ether oxygens (including phenoxy) is 4. The molecule has 6 amide bonds. The molecule has 0 saturated carbocycles. The second-order valence-corrected chi connectivity index (χ2v) is 17.9. The number of amides is 6. The van der Waals surface area contributed by atoms with E-state index in [1.54, 1.807) is 84.0 Å². The first-order valence-corrected chi connectivity index (χ1v) is 22.0. The lowest BCUT2D eigenvalue weighted by atomic mass is 10.0. The predicted molar refractivity (Wildman–Crippen MR) is 243 cm³/mol. The van der Waals surface area contributed by atoms with Gasteiger partial charge in [0, 0.05) is 25.9 Å². The highest BCUT2D eigenvalue weighted by Gasteiger charge is 2.35. The Labute approximate surface area is 390 Å². The summed E-state index contributed by atoms with van der Waals surface area (Å²) >= 11 is 0. The molecule has 0 unspecified atom stereocenters. The average Bonchev–Trinajstić information content (AvgIpc) is 3.76. The van der Waals surface area contributed by atoms with Crippen molar-refractivity contribution < 1.29 is 62.4 Å². The Bertz CT molecular complexity index is 2160. The topological polar surface area (TPSA) is 257 Å². The van der Waals surface area contributed by atoms with Gasteiger partial charge in [0.1, 0.15) is 47.7 Å². The molecule has 1 fully saturated rings. The van der Waals surface area contributed by atoms with Crippen LogP contribution in [0.3, 0.4) is 0 Å². The van der Waals surface area contributed by atoms with Crippen LogP contribution < -0.4 is 31.3 Å². The van der Waals surface area contributed by atoms with E-state index in [2.05, 4.69) is 26.6 Å². The van der Waals surface area contributed by atoms with Gasteiger partial charge < -0.3 is 50.6 Å². The number of aliphatic carboxylic acids is 1. The van der Waals surface area contributed by atoms with Crippen LogP contribution in [0, 0.1) is 0 Å². The zero-order valence-corrected chi connectivity index (χ0v) is 38.8. The molecular weight excluding hydrogens is 869 g/mol. The molecule has 0 bridgehead atoms. The molecule has 4 atom stereocenters. The lowest BCUT2D eigenvalue weighted by Gasteiger charge is -2.26. The van der Waals surface area contributed by atoms with E-state index in [1.165, 1.54) is 17.0 Å². The molecule has 6 N–H and O–H groups in total. The van der Waals surface area contributed by atoms with Gasteiger partial charge in [-0.15, -0.1) is 0 Å². The van der Waals surface area contributed by atoms with E-state index in [4.69, 9.17) is 18.9 Å². The molecule has 1 saturated heterocycles. The Kier molecular flexibility index (Phi) is 19.5. The normalized spacial score (nSPS) is 14.8. The Balaban J connectivity index is 1.46. The van der Waals surface area contributed by atoms with Gasteiger partial charge in [-0.2, -0.15) is 0 Å². The summed E-state index contributed by atoms with van der Waals surface area (Å²) in [7, 11) is 0. The monoisotopic (exact) mass is 930 g/mol. The maximum absolute atomic E-state index is 14.1. The Morgan fingerprint density at radius 2 is 1.28 bits per heavy atom. The van der Waals surface area contributed by atoms with Gasteiger partial charge in [-0.25, -0.2) is 19.2 Å². The number of carboxylic acid groups (broad SMARTS) is 1. The third-order valence-corrected chi connectivity index (χ3v) is 9.90. The third-order valence-electron chi connectivity index (χ3n) is 9.90. The Morgan fingerprint density at radius 1 is 0.687 bits per heavy atom. The Morgan fingerprint density at radius 3 is 1.90 bits per heavy atom. The van der Waals surface area contributed by atoms with E-state index in [0.717, 1.165) is 5.56 Å². The minimum Gasteiger partial charge on any atom is -0.480 e. The molecule has 3 aromatic rings. The minimum atomic E-state index is -1.33. The van der Waals surface area contributed by atoms with Crippen LogP contribution >= 0.6 is 0 Å². The predicted octanol–water partition coefficient (Wildman–Crippen LogP) is 4.55. The van der Waals surface area contributed by atoms with Crippen LogP contribution in [-0.2, 0) is 57.6 Å². The number of nitrogens with zero attached hydrogens (tertiary/aromatic N) is 1. The van der Waals surface area contributed by atoms with Gasteiger partial charge in [0.05, 0.1) is 6.54 Å². The smallest absolute Gasteiger partial charge is 0.480 e. The molecule has 0 radical (unpaired) electrons. The van der Waals surface area contributed by atoms with Gasteiger partial charge >= 0.3 is 24.3 Å². The lowest BCUT2D eigenvalue weighted by molar-refractivity contribution is -0.141. The summed E-state index contributed by atoms with van der Waals surface area (Å²) in [5, 5.41) is 22.7. The number of benzene rings is 3. The summed E-state index contributed by atoms with van der Waals surface area (Å²) in [6, 6.07) is 19.1. The summed E-state index contributed by atoms with van der Waals surface area (Å²) in [6.07, 6.45) is -1.55. The van der Waals surface area contributed by atoms with Crippen LogP contribution in [0.1, 0.15) is 83.9 Å². The summed E-state index contributed by atoms with van der Waals surface area (Å²) in [6.45, 7) is 9.74. The number of carboxylic acids is 1. The molecule has 67 heavy (non-hydrogen) atoms. The fourth-order valence-electron chi connectivity index (χ4n) is 6.78. The minimum absolute atomic E-state index is 0.0146. The molecular formula is C48H62N6O13. The van der Waals surface area contributed by atoms with Gasteiger partial charge in [0.2, 0.25) is 23.6 Å². The van der Waals surface area contributed by atoms with Crippen LogP contribution in [0.2, 0.25) is 0 Å². The molecule has 0 aromatic heterocycles. The standard InChI is InChI=1S/C48H62N6O13/c1-47(2,3)66-44(61)53-36(27-32-21-23-34(24-22-32)65-46(63)67-48(4,5)6)41(57)52-35(40(56)50-29-39(55)51-37(43(59)60)28-31-15-9-7-10-16-31)19-13-25-49-42(58)38-20-14-26-54(38)45(62)64-30-33-17-11-8-12-18-33/h7-12,15-18,21-24,35-38H,13-14,19-20,25-30H2,1-6H3,(H,49,58)(H,50,56)(H,51,55)(H,52,57)(H,53,61)(H,59,60)/t35-,36+,37+,38+/m1/s1. The largest absolute Gasteiger partial charge is 0.514 e. The highest BCUT2D eigenvalue weighted by atomic mass is 16.7. The number of nitrogens with one attached hydrogen (secondary N) is 5. The van der Waals surface area contributed by atoms with Crippen molar-refractivity contribution in [1.82, 2.24) is 31.5 Å². The van der Waals surface area contributed by atoms with E-state index < -0.39 is 89.9 Å². The molecule has 0 aliphatic carbocycles. The van der Waals surface area contributed by atoms with Crippen LogP contribution in [0.15, 0.2) is 84.9 Å². The molecule has 0 spiro atoms. The summed E-state index contributed by atoms with van der Waals surface area (Å²) in [5.74, 6) is -3.98. The molecule has 19 nitrogen and oxygen atoms in total. The van der Waals surface area contributed by atoms with Crippen LogP contribution in [0.4, 0.5) is 14.4 Å². The van der Waals surface area contributed by atoms with Crippen LogP contribution in [0.5, 0.6) is 5.75 Å². The van der Waals surface area contributed by atoms with Gasteiger partial charge in [-0.1, -0.05) is 72.8 Å². The van der Waals surface area contributed by atoms with Crippen molar-refractivity contribution in [3.05, 3.63) is 102 Å². The maximum Gasteiger partial charge on any atom is 0.514 e. The van der Waals surface area contributed by atoms with Gasteiger partial charge in [0.25, 0.3) is 0 Å². The molecule has 1 aliphatic heterocycles. The molecule has 362 valence electrons. The molecule has 4 rings (SSSR count). The third kappa shape index (κ3) is 19.1. The number of hydrogen-bond acceptors (Lipinski definition) is 12. The SMILES string of the molecule is CC(C)(C)OC(=O)N[C@@H](Cc1ccc(OC(=O)OC(C)(C)C)cc1)C(=O)N[C@H](CCCNC(=O)[C@@H]1CCCN1C(=O)OCc1ccccc1)C(=O)NCC(=O)N[C@@H](Cc1ccccc1)C(=O)O. The van der Waals surface area contributed by atoms with Gasteiger partial charge in [0.15, 0.2) is 0 Å². The van der Waals surface area contributed by atoms with Crippen molar-refractivity contribution in [3.63, 3.8) is 0 Å². The van der Waals surface area contributed by atoms with Crippen molar-refractivity contribution in [2.45, 2.75) is 122 Å². The van der Waals surface area contributed by atoms with E-state index in [0.29, 0.717) is 30.5 Å². The number of hydrogen-bond donors (Lipinski definition) is 6. The van der Waals surface area contributed by atoms with E-state index in [9.17, 15) is 43.5 Å². The average molecular weight is 931 g/mol. The fraction of sp³-hybridized carbons (Fsp3) is 0.458. The van der Waals surface area contributed by atoms with Crippen LogP contribution in [-0.4, -0.2) is 113 Å². The first-order chi connectivity index (χ1) is 31.7. The van der Waals surface area contributed by atoms with Gasteiger partial charge in [-0.05, 0) is 96.0 Å². The highest BCUT2D eigenvalue weighted by Crippen LogP contribution is 2.20.